The summed E-state index contributed by atoms with van der Waals surface area (Å²) < 4.78 is 1.49. The summed E-state index contributed by atoms with van der Waals surface area (Å²) in [5, 5.41) is 6.41. The number of aromatic nitrogens is 3. The van der Waals surface area contributed by atoms with Crippen molar-refractivity contribution < 1.29 is 4.79 Å². The van der Waals surface area contributed by atoms with Gasteiger partial charge in [0.1, 0.15) is 11.5 Å². The predicted molar refractivity (Wildman–Crippen MR) is 118 cm³/mol. The standard InChI is InChI=1S/C23H23N5O2/c1-4-24-20-17(22(29)25-15(3)16-8-6-5-7-9-16)12-18-21(27-20)26-19-11-10-14(2)13-28(19)23(18)30/h5-13,15H,4H2,1-3H3,(H,24,27)(H,25,29)/t15-/m0/s1. The Kier molecular flexibility index (Phi) is 5.18. The Hall–Kier alpha value is -3.74. The maximum Gasteiger partial charge on any atom is 0.267 e. The van der Waals surface area contributed by atoms with Gasteiger partial charge in [-0.15, -0.1) is 0 Å². The SMILES string of the molecule is CCNc1nc2nc3ccc(C)cn3c(=O)c2cc1C(=O)N[C@@H](C)c1ccccc1. The van der Waals surface area contributed by atoms with Crippen molar-refractivity contribution >= 4 is 28.4 Å². The summed E-state index contributed by atoms with van der Waals surface area (Å²) in [5.41, 5.74) is 2.83. The Bertz CT molecular complexity index is 1300. The first kappa shape index (κ1) is 19.6. The number of hydrogen-bond donors (Lipinski definition) is 2. The number of carbonyl (C=O) groups is 1. The molecule has 1 amide bonds. The molecule has 0 aliphatic carbocycles. The van der Waals surface area contributed by atoms with Gasteiger partial charge in [-0.2, -0.15) is 0 Å². The number of aryl methyl sites for hydroxylation is 1. The molecule has 0 fully saturated rings. The van der Waals surface area contributed by atoms with Crippen molar-refractivity contribution in [1.82, 2.24) is 19.7 Å². The molecule has 0 saturated carbocycles. The van der Waals surface area contributed by atoms with Gasteiger partial charge in [-0.1, -0.05) is 36.4 Å². The average Bonchev–Trinajstić information content (AvgIpc) is 2.75. The van der Waals surface area contributed by atoms with Crippen LogP contribution in [-0.4, -0.2) is 26.8 Å². The minimum Gasteiger partial charge on any atom is -0.370 e. The number of carbonyl (C=O) groups excluding carboxylic acids is 1. The molecule has 0 saturated heterocycles. The van der Waals surface area contributed by atoms with Crippen LogP contribution in [0.25, 0.3) is 16.7 Å². The summed E-state index contributed by atoms with van der Waals surface area (Å²) >= 11 is 0. The lowest BCUT2D eigenvalue weighted by molar-refractivity contribution is 0.0940. The van der Waals surface area contributed by atoms with E-state index in [1.165, 1.54) is 4.40 Å². The Morgan fingerprint density at radius 1 is 1.13 bits per heavy atom. The molecule has 4 aromatic rings. The summed E-state index contributed by atoms with van der Waals surface area (Å²) in [7, 11) is 0. The van der Waals surface area contributed by atoms with Gasteiger partial charge in [-0.3, -0.25) is 14.0 Å². The number of rotatable bonds is 5. The van der Waals surface area contributed by atoms with Gasteiger partial charge in [0, 0.05) is 12.7 Å². The van der Waals surface area contributed by atoms with E-state index in [1.54, 1.807) is 18.3 Å². The highest BCUT2D eigenvalue weighted by Crippen LogP contribution is 2.20. The molecule has 4 rings (SSSR count). The van der Waals surface area contributed by atoms with Gasteiger partial charge < -0.3 is 10.6 Å². The van der Waals surface area contributed by atoms with Crippen molar-refractivity contribution in [2.24, 2.45) is 0 Å². The zero-order valence-corrected chi connectivity index (χ0v) is 17.1. The molecule has 7 nitrogen and oxygen atoms in total. The van der Waals surface area contributed by atoms with Gasteiger partial charge in [-0.25, -0.2) is 9.97 Å². The van der Waals surface area contributed by atoms with Gasteiger partial charge in [-0.05, 0) is 44.0 Å². The third-order valence-electron chi connectivity index (χ3n) is 4.98. The van der Waals surface area contributed by atoms with Gasteiger partial charge in [0.25, 0.3) is 11.5 Å². The fourth-order valence-corrected chi connectivity index (χ4v) is 3.41. The second-order valence-corrected chi connectivity index (χ2v) is 7.24. The smallest absolute Gasteiger partial charge is 0.267 e. The summed E-state index contributed by atoms with van der Waals surface area (Å²) in [5.74, 6) is 0.108. The van der Waals surface area contributed by atoms with E-state index in [1.807, 2.05) is 57.2 Å². The largest absolute Gasteiger partial charge is 0.370 e. The topological polar surface area (TPSA) is 88.4 Å². The van der Waals surface area contributed by atoms with Crippen molar-refractivity contribution in [2.75, 3.05) is 11.9 Å². The summed E-state index contributed by atoms with van der Waals surface area (Å²) in [6.07, 6.45) is 1.74. The summed E-state index contributed by atoms with van der Waals surface area (Å²) in [4.78, 5) is 35.1. The second kappa shape index (κ2) is 7.94. The molecule has 1 aromatic carbocycles. The molecule has 2 N–H and O–H groups in total. The van der Waals surface area contributed by atoms with Gasteiger partial charge in [0.05, 0.1) is 17.0 Å². The van der Waals surface area contributed by atoms with E-state index in [0.717, 1.165) is 11.1 Å². The number of anilines is 1. The lowest BCUT2D eigenvalue weighted by Crippen LogP contribution is -2.28. The molecule has 0 bridgehead atoms. The van der Waals surface area contributed by atoms with Crippen molar-refractivity contribution in [3.05, 3.63) is 81.8 Å². The fraction of sp³-hybridized carbons (Fsp3) is 0.217. The van der Waals surface area contributed by atoms with Gasteiger partial charge in [0.2, 0.25) is 0 Å². The monoisotopic (exact) mass is 401 g/mol. The molecule has 0 aliphatic rings. The molecular weight excluding hydrogens is 378 g/mol. The minimum absolute atomic E-state index is 0.192. The van der Waals surface area contributed by atoms with E-state index < -0.39 is 0 Å². The third-order valence-corrected chi connectivity index (χ3v) is 4.98. The number of pyridine rings is 2. The van der Waals surface area contributed by atoms with Gasteiger partial charge in [0.15, 0.2) is 5.65 Å². The first-order valence-corrected chi connectivity index (χ1v) is 9.91. The maximum atomic E-state index is 13.1. The Morgan fingerprint density at radius 3 is 2.63 bits per heavy atom. The van der Waals surface area contributed by atoms with Crippen LogP contribution in [0.2, 0.25) is 0 Å². The lowest BCUT2D eigenvalue weighted by atomic mass is 10.1. The molecule has 152 valence electrons. The van der Waals surface area contributed by atoms with E-state index in [-0.39, 0.29) is 17.5 Å². The molecule has 0 aliphatic heterocycles. The van der Waals surface area contributed by atoms with Crippen LogP contribution < -0.4 is 16.2 Å². The Balaban J connectivity index is 1.82. The van der Waals surface area contributed by atoms with Crippen LogP contribution in [-0.2, 0) is 0 Å². The van der Waals surface area contributed by atoms with Crippen molar-refractivity contribution in [3.8, 4) is 0 Å². The molecule has 1 atom stereocenters. The predicted octanol–water partition coefficient (Wildman–Crippen LogP) is 3.47. The quantitative estimate of drug-likeness (QED) is 0.500. The van der Waals surface area contributed by atoms with Crippen LogP contribution in [0, 0.1) is 6.92 Å². The molecule has 3 heterocycles. The molecule has 0 unspecified atom stereocenters. The molecule has 30 heavy (non-hydrogen) atoms. The van der Waals surface area contributed by atoms with Gasteiger partial charge >= 0.3 is 0 Å². The van der Waals surface area contributed by atoms with Crippen LogP contribution in [0.15, 0.2) is 59.5 Å². The fourth-order valence-electron chi connectivity index (χ4n) is 3.41. The highest BCUT2D eigenvalue weighted by molar-refractivity contribution is 6.02. The maximum absolute atomic E-state index is 13.1. The van der Waals surface area contributed by atoms with Crippen molar-refractivity contribution in [3.63, 3.8) is 0 Å². The number of amides is 1. The van der Waals surface area contributed by atoms with Crippen LogP contribution in [0.3, 0.4) is 0 Å². The Morgan fingerprint density at radius 2 is 1.90 bits per heavy atom. The van der Waals surface area contributed by atoms with Crippen LogP contribution in [0.1, 0.15) is 41.4 Å². The van der Waals surface area contributed by atoms with Crippen molar-refractivity contribution in [1.29, 1.82) is 0 Å². The zero-order valence-electron chi connectivity index (χ0n) is 17.1. The van der Waals surface area contributed by atoms with Crippen molar-refractivity contribution in [2.45, 2.75) is 26.8 Å². The van der Waals surface area contributed by atoms with E-state index in [4.69, 9.17) is 0 Å². The third kappa shape index (κ3) is 3.61. The number of nitrogens with one attached hydrogen (secondary N) is 2. The second-order valence-electron chi connectivity index (χ2n) is 7.24. The van der Waals surface area contributed by atoms with E-state index >= 15 is 0 Å². The van der Waals surface area contributed by atoms with Crippen LogP contribution in [0.4, 0.5) is 5.82 Å². The highest BCUT2D eigenvalue weighted by atomic mass is 16.2. The zero-order chi connectivity index (χ0) is 21.3. The number of benzene rings is 1. The Labute approximate surface area is 173 Å². The summed E-state index contributed by atoms with van der Waals surface area (Å²) in [6, 6.07) is 14.8. The number of fused-ring (bicyclic) bond motifs is 2. The van der Waals surface area contributed by atoms with Crippen LogP contribution >= 0.6 is 0 Å². The normalized spacial score (nSPS) is 12.1. The summed E-state index contributed by atoms with van der Waals surface area (Å²) in [6.45, 7) is 6.33. The minimum atomic E-state index is -0.301. The molecule has 7 heteroatoms. The van der Waals surface area contributed by atoms with E-state index in [9.17, 15) is 9.59 Å². The van der Waals surface area contributed by atoms with E-state index in [2.05, 4.69) is 20.6 Å². The molecule has 0 spiro atoms. The number of nitrogens with zero attached hydrogens (tertiary/aromatic N) is 3. The molecular formula is C23H23N5O2. The average molecular weight is 401 g/mol. The molecule has 3 aromatic heterocycles. The lowest BCUT2D eigenvalue weighted by Gasteiger charge is -2.16. The first-order chi connectivity index (χ1) is 14.5. The highest BCUT2D eigenvalue weighted by Gasteiger charge is 2.19. The molecule has 0 radical (unpaired) electrons. The van der Waals surface area contributed by atoms with Crippen LogP contribution in [0.5, 0.6) is 0 Å². The number of hydrogen-bond acceptors (Lipinski definition) is 5. The first-order valence-electron chi connectivity index (χ1n) is 9.91. The van der Waals surface area contributed by atoms with E-state index in [0.29, 0.717) is 34.6 Å².